The van der Waals surface area contributed by atoms with E-state index in [1.165, 1.54) is 46.5 Å². The number of allylic oxidation sites excluding steroid dienone is 1. The number of aryl methyl sites for hydroxylation is 2. The number of fused-ring (bicyclic) bond motifs is 3. The van der Waals surface area contributed by atoms with Crippen LogP contribution in [0.5, 0.6) is 0 Å². The Balaban J connectivity index is 1.80. The number of rotatable bonds is 2. The fourth-order valence-corrected chi connectivity index (χ4v) is 4.59. The lowest BCUT2D eigenvalue weighted by molar-refractivity contribution is 0.235. The highest BCUT2D eigenvalue weighted by atomic mass is 15.2. The van der Waals surface area contributed by atoms with Gasteiger partial charge in [0.2, 0.25) is 0 Å². The number of likely N-dealkylation sites (tertiary alicyclic amines) is 1. The molecule has 4 rings (SSSR count). The van der Waals surface area contributed by atoms with Crippen LogP contribution in [0.25, 0.3) is 5.57 Å². The molecule has 0 saturated carbocycles. The molecule has 2 aromatic rings. The molecule has 130 valence electrons. The summed E-state index contributed by atoms with van der Waals surface area (Å²) >= 11 is 0. The van der Waals surface area contributed by atoms with Gasteiger partial charge in [-0.15, -0.1) is 0 Å². The summed E-state index contributed by atoms with van der Waals surface area (Å²) in [7, 11) is 2.25. The van der Waals surface area contributed by atoms with Crippen molar-refractivity contribution in [3.05, 3.63) is 65.1 Å². The molecular weight excluding hydrogens is 306 g/mol. The first-order valence-electron chi connectivity index (χ1n) is 9.21. The van der Waals surface area contributed by atoms with Crippen LogP contribution >= 0.6 is 0 Å². The molecule has 0 radical (unpaired) electrons. The molecule has 0 amide bonds. The molecule has 0 bridgehead atoms. The van der Waals surface area contributed by atoms with Gasteiger partial charge in [0.15, 0.2) is 0 Å². The van der Waals surface area contributed by atoms with Crippen LogP contribution in [-0.2, 0) is 0 Å². The third-order valence-corrected chi connectivity index (χ3v) is 5.74. The first-order chi connectivity index (χ1) is 12.0. The van der Waals surface area contributed by atoms with Gasteiger partial charge >= 0.3 is 0 Å². The van der Waals surface area contributed by atoms with E-state index in [4.69, 9.17) is 0 Å². The molecule has 0 aliphatic carbocycles. The summed E-state index contributed by atoms with van der Waals surface area (Å²) in [5, 5.41) is 0. The van der Waals surface area contributed by atoms with Crippen LogP contribution in [-0.4, -0.2) is 36.1 Å². The maximum atomic E-state index is 4.15. The molecule has 3 heteroatoms. The van der Waals surface area contributed by atoms with E-state index in [9.17, 15) is 0 Å². The molecule has 1 fully saturated rings. The molecule has 2 aliphatic rings. The van der Waals surface area contributed by atoms with Crippen molar-refractivity contribution in [3.8, 4) is 0 Å². The van der Waals surface area contributed by atoms with Crippen molar-refractivity contribution >= 4 is 11.3 Å². The fourth-order valence-electron chi connectivity index (χ4n) is 4.59. The van der Waals surface area contributed by atoms with Crippen molar-refractivity contribution in [1.82, 2.24) is 9.88 Å². The summed E-state index contributed by atoms with van der Waals surface area (Å²) in [6.07, 6.45) is 7.33. The number of anilines is 1. The maximum absolute atomic E-state index is 4.15. The molecule has 1 saturated heterocycles. The highest BCUT2D eigenvalue weighted by molar-refractivity contribution is 5.74. The van der Waals surface area contributed by atoms with E-state index < -0.39 is 0 Å². The molecule has 0 spiro atoms. The summed E-state index contributed by atoms with van der Waals surface area (Å²) < 4.78 is 0. The van der Waals surface area contributed by atoms with Gasteiger partial charge in [0.25, 0.3) is 0 Å². The standard InChI is InChI=1S/C22H27N3/c1-15-11-16(2)22-19(12-15)20-14-24(4)10-7-21(20)25(22)13-17(3)18-5-8-23-9-6-18/h5-6,8-9,11-13,20-21H,7,10,14H2,1-4H3/b17-13+. The quantitative estimate of drug-likeness (QED) is 0.814. The summed E-state index contributed by atoms with van der Waals surface area (Å²) in [4.78, 5) is 9.19. The molecule has 2 unspecified atom stereocenters. The predicted molar refractivity (Wildman–Crippen MR) is 105 cm³/mol. The van der Waals surface area contributed by atoms with Gasteiger partial charge in [0.1, 0.15) is 0 Å². The third kappa shape index (κ3) is 2.87. The number of hydrogen-bond donors (Lipinski definition) is 0. The van der Waals surface area contributed by atoms with Crippen LogP contribution in [0.4, 0.5) is 5.69 Å². The van der Waals surface area contributed by atoms with Crippen LogP contribution in [0.1, 0.15) is 41.5 Å². The molecule has 1 aromatic carbocycles. The smallest absolute Gasteiger partial charge is 0.0475 e. The minimum absolute atomic E-state index is 0.573. The van der Waals surface area contributed by atoms with Crippen molar-refractivity contribution in [2.45, 2.75) is 39.2 Å². The van der Waals surface area contributed by atoms with Crippen LogP contribution in [0.15, 0.2) is 42.9 Å². The number of piperidine rings is 1. The second-order valence-corrected chi connectivity index (χ2v) is 7.70. The fraction of sp³-hybridized carbons (Fsp3) is 0.409. The number of aromatic nitrogens is 1. The molecule has 3 nitrogen and oxygen atoms in total. The van der Waals surface area contributed by atoms with Crippen molar-refractivity contribution in [3.63, 3.8) is 0 Å². The van der Waals surface area contributed by atoms with E-state index in [1.54, 1.807) is 0 Å². The van der Waals surface area contributed by atoms with Gasteiger partial charge < -0.3 is 9.80 Å². The number of nitrogens with zero attached hydrogens (tertiary/aromatic N) is 3. The number of hydrogen-bond acceptors (Lipinski definition) is 3. The van der Waals surface area contributed by atoms with Gasteiger partial charge in [-0.3, -0.25) is 4.98 Å². The van der Waals surface area contributed by atoms with E-state index >= 15 is 0 Å². The van der Waals surface area contributed by atoms with Gasteiger partial charge in [-0.05, 0) is 75.2 Å². The monoisotopic (exact) mass is 333 g/mol. The van der Waals surface area contributed by atoms with Gasteiger partial charge in [-0.2, -0.15) is 0 Å². The van der Waals surface area contributed by atoms with Crippen molar-refractivity contribution in [1.29, 1.82) is 0 Å². The van der Waals surface area contributed by atoms with Gasteiger partial charge in [-0.25, -0.2) is 0 Å². The van der Waals surface area contributed by atoms with Gasteiger partial charge in [0, 0.05) is 42.8 Å². The predicted octanol–water partition coefficient (Wildman–Crippen LogP) is 4.37. The summed E-state index contributed by atoms with van der Waals surface area (Å²) in [5.41, 5.74) is 8.29. The Morgan fingerprint density at radius 3 is 2.72 bits per heavy atom. The topological polar surface area (TPSA) is 19.4 Å². The average molecular weight is 333 g/mol. The normalized spacial score (nSPS) is 23.5. The summed E-state index contributed by atoms with van der Waals surface area (Å²) in [6.45, 7) is 9.01. The summed E-state index contributed by atoms with van der Waals surface area (Å²) in [5.74, 6) is 0.605. The van der Waals surface area contributed by atoms with Crippen molar-refractivity contribution < 1.29 is 0 Å². The molecule has 2 atom stereocenters. The Kier molecular flexibility index (Phi) is 4.12. The van der Waals surface area contributed by atoms with Gasteiger partial charge in [0.05, 0.1) is 0 Å². The highest BCUT2D eigenvalue weighted by Gasteiger charge is 2.41. The largest absolute Gasteiger partial charge is 0.343 e. The molecular formula is C22H27N3. The van der Waals surface area contributed by atoms with E-state index in [1.807, 2.05) is 12.4 Å². The summed E-state index contributed by atoms with van der Waals surface area (Å²) in [6, 6.07) is 9.49. The first-order valence-corrected chi connectivity index (χ1v) is 9.21. The van der Waals surface area contributed by atoms with Crippen molar-refractivity contribution in [2.75, 3.05) is 25.0 Å². The Bertz CT molecular complexity index is 810. The van der Waals surface area contributed by atoms with Crippen LogP contribution in [0.2, 0.25) is 0 Å². The Hall–Kier alpha value is -2.13. The number of benzene rings is 1. The Morgan fingerprint density at radius 1 is 1.20 bits per heavy atom. The molecule has 25 heavy (non-hydrogen) atoms. The van der Waals surface area contributed by atoms with E-state index in [0.29, 0.717) is 12.0 Å². The zero-order chi connectivity index (χ0) is 17.6. The second-order valence-electron chi connectivity index (χ2n) is 7.70. The van der Waals surface area contributed by atoms with Crippen molar-refractivity contribution in [2.24, 2.45) is 0 Å². The first kappa shape index (κ1) is 16.3. The third-order valence-electron chi connectivity index (χ3n) is 5.74. The highest BCUT2D eigenvalue weighted by Crippen LogP contribution is 2.47. The van der Waals surface area contributed by atoms with Gasteiger partial charge in [-0.1, -0.05) is 17.7 Å². The minimum atomic E-state index is 0.573. The van der Waals surface area contributed by atoms with Crippen LogP contribution in [0, 0.1) is 13.8 Å². The molecule has 0 N–H and O–H groups in total. The molecule has 3 heterocycles. The SMILES string of the molecule is C/C(=C\N1c2c(C)cc(C)cc2C2CN(C)CCC21)c1ccncc1. The molecule has 2 aliphatic heterocycles. The lowest BCUT2D eigenvalue weighted by Gasteiger charge is -2.36. The van der Waals surface area contributed by atoms with Crippen LogP contribution < -0.4 is 4.90 Å². The zero-order valence-corrected chi connectivity index (χ0v) is 15.7. The van der Waals surface area contributed by atoms with E-state index in [2.05, 4.69) is 73.1 Å². The number of likely N-dealkylation sites (N-methyl/N-ethyl adjacent to an activating group) is 1. The number of pyridine rings is 1. The minimum Gasteiger partial charge on any atom is -0.343 e. The zero-order valence-electron chi connectivity index (χ0n) is 15.7. The average Bonchev–Trinajstić information content (AvgIpc) is 2.89. The van der Waals surface area contributed by atoms with E-state index in [0.717, 1.165) is 6.54 Å². The molecule has 1 aromatic heterocycles. The lowest BCUT2D eigenvalue weighted by atomic mass is 9.88. The maximum Gasteiger partial charge on any atom is 0.0475 e. The Morgan fingerprint density at radius 2 is 1.96 bits per heavy atom. The second kappa shape index (κ2) is 6.30. The van der Waals surface area contributed by atoms with Crippen LogP contribution in [0.3, 0.4) is 0 Å². The Labute approximate surface area is 151 Å². The van der Waals surface area contributed by atoms with E-state index in [-0.39, 0.29) is 0 Å². The lowest BCUT2D eigenvalue weighted by Crippen LogP contribution is -2.43.